The number of aliphatic hydroxyl groups excluding tert-OH is 1. The summed E-state index contributed by atoms with van der Waals surface area (Å²) in [4.78, 5) is 0. The fourth-order valence-corrected chi connectivity index (χ4v) is 2.19. The Morgan fingerprint density at radius 3 is 1.67 bits per heavy atom. The first kappa shape index (κ1) is 21.1. The number of hydrogen-bond donors (Lipinski definition) is 2. The van der Waals surface area contributed by atoms with Crippen LogP contribution in [0.25, 0.3) is 0 Å². The summed E-state index contributed by atoms with van der Waals surface area (Å²) in [5.74, 6) is 0. The van der Waals surface area contributed by atoms with Crippen LogP contribution in [0.1, 0.15) is 20.8 Å². The van der Waals surface area contributed by atoms with Gasteiger partial charge in [-0.3, -0.25) is 0 Å². The molecule has 9 heteroatoms. The van der Waals surface area contributed by atoms with Crippen molar-refractivity contribution in [3.63, 3.8) is 0 Å². The normalized spacial score (nSPS) is 8.40. The van der Waals surface area contributed by atoms with E-state index in [9.17, 15) is 0 Å². The molecule has 0 aliphatic heterocycles. The van der Waals surface area contributed by atoms with Crippen molar-refractivity contribution in [2.45, 2.75) is 20.8 Å². The minimum absolute atomic E-state index is 0.250. The maximum absolute atomic E-state index is 8.61. The monoisotopic (exact) mass is 293 g/mol. The molecule has 0 radical (unpaired) electrons. The molecule has 0 rings (SSSR count). The Bertz CT molecular complexity index is 104. The quantitative estimate of drug-likeness (QED) is 0.594. The molecule has 2 N–H and O–H groups in total. The van der Waals surface area contributed by atoms with Gasteiger partial charge in [0.1, 0.15) is 10.5 Å². The van der Waals surface area contributed by atoms with E-state index in [1.54, 1.807) is 6.92 Å². The van der Waals surface area contributed by atoms with Gasteiger partial charge in [-0.15, -0.1) is 0 Å². The van der Waals surface area contributed by atoms with E-state index in [0.29, 0.717) is 23.7 Å². The van der Waals surface area contributed by atoms with Crippen molar-refractivity contribution in [1.82, 2.24) is 0 Å². The van der Waals surface area contributed by atoms with Gasteiger partial charge in [0.05, 0.1) is 0 Å². The summed E-state index contributed by atoms with van der Waals surface area (Å²) in [7, 11) is -0.939. The molecule has 0 fully saturated rings. The van der Waals surface area contributed by atoms with Gasteiger partial charge < -0.3 is 18.1 Å². The number of aliphatic hydroxyl groups is 1. The van der Waals surface area contributed by atoms with Crippen LogP contribution >= 0.6 is 0 Å². The van der Waals surface area contributed by atoms with E-state index in [0.717, 1.165) is 0 Å². The number of rotatable bonds is 5. The summed E-state index contributed by atoms with van der Waals surface area (Å²) in [6, 6.07) is 0. The van der Waals surface area contributed by atoms with Crippen LogP contribution in [-0.2, 0) is 35.8 Å². The van der Waals surface area contributed by atoms with Gasteiger partial charge in [0.25, 0.3) is 0 Å². The first-order chi connectivity index (χ1) is 7.17. The van der Waals surface area contributed by atoms with E-state index >= 15 is 0 Å². The summed E-state index contributed by atoms with van der Waals surface area (Å²) < 4.78 is 31.1. The van der Waals surface area contributed by atoms with Crippen molar-refractivity contribution < 1.29 is 44.6 Å². The predicted octanol–water partition coefficient (Wildman–Crippen LogP) is -1.61. The summed E-state index contributed by atoms with van der Waals surface area (Å²) >= 11 is -1.75. The molecular weight excluding hydrogens is 272 g/mol. The Morgan fingerprint density at radius 2 is 1.53 bits per heavy atom. The minimum atomic E-state index is -1.75. The average Bonchev–Trinajstić information content (AvgIpc) is 2.20. The van der Waals surface area contributed by atoms with Gasteiger partial charge >= 0.3 is 36.1 Å². The van der Waals surface area contributed by atoms with Gasteiger partial charge in [-0.1, -0.05) is 0 Å². The second-order valence-corrected chi connectivity index (χ2v) is 5.26. The predicted molar refractivity (Wildman–Crippen MR) is 57.1 cm³/mol. The first-order valence-electron chi connectivity index (χ1n) is 4.56. The third-order valence-electron chi connectivity index (χ3n) is 0.798. The van der Waals surface area contributed by atoms with E-state index in [1.165, 1.54) is 0 Å². The Labute approximate surface area is 105 Å². The van der Waals surface area contributed by atoms with Crippen LogP contribution in [-0.4, -0.2) is 48.6 Å². The number of hydrogen-bond acceptors (Lipinski definition) is 5. The van der Waals surface area contributed by atoms with Gasteiger partial charge in [0, 0.05) is 19.8 Å². The molecule has 0 saturated heterocycles. The molecule has 0 amide bonds. The van der Waals surface area contributed by atoms with Crippen molar-refractivity contribution in [3.05, 3.63) is 0 Å². The van der Waals surface area contributed by atoms with Crippen LogP contribution in [0.2, 0.25) is 0 Å². The molecule has 0 aliphatic rings. The molecule has 0 aromatic heterocycles. The van der Waals surface area contributed by atoms with Crippen LogP contribution < -0.4 is 0 Å². The second-order valence-electron chi connectivity index (χ2n) is 1.84. The van der Waals surface area contributed by atoms with Gasteiger partial charge in [0.15, 0.2) is 0 Å². The zero-order valence-corrected chi connectivity index (χ0v) is 14.4. The van der Waals surface area contributed by atoms with Gasteiger partial charge in [-0.05, 0) is 20.8 Å². The van der Waals surface area contributed by atoms with Crippen LogP contribution in [0.15, 0.2) is 0 Å². The fourth-order valence-electron chi connectivity index (χ4n) is 0.456. The molecule has 0 saturated carbocycles. The molecule has 0 spiro atoms. The van der Waals surface area contributed by atoms with Gasteiger partial charge in [-0.25, -0.2) is 0 Å². The third-order valence-corrected chi connectivity index (χ3v) is 3.55. The van der Waals surface area contributed by atoms with Crippen LogP contribution in [0.3, 0.4) is 0 Å². The van der Waals surface area contributed by atoms with Crippen molar-refractivity contribution >= 4 is 20.0 Å². The maximum atomic E-state index is 8.61. The van der Waals surface area contributed by atoms with Crippen molar-refractivity contribution in [1.29, 1.82) is 0 Å². The summed E-state index contributed by atoms with van der Waals surface area (Å²) in [6.45, 7) is 7.21. The average molecular weight is 293 g/mol. The van der Waals surface area contributed by atoms with Gasteiger partial charge in [0.2, 0.25) is 0 Å². The third kappa shape index (κ3) is 31.3. The van der Waals surface area contributed by atoms with Crippen molar-refractivity contribution in [2.24, 2.45) is 0 Å². The molecule has 0 unspecified atom stereocenters. The fraction of sp³-hybridized carbons (Fsp3) is 1.00. The standard InChI is InChI=1S/C4H14O3Si2.C2H6O.H2O.O.Ti/c1-3-5-9(7-8)6-4-2;1-2-3;;;/h9H,3-4H2,1-2,8H3;3H,2H2,1H3;1H2;;/q;;;;+1/p-1. The topological polar surface area (TPSA) is 85.2 Å². The molecule has 0 aromatic carbocycles. The van der Waals surface area contributed by atoms with E-state index < -0.39 is 29.0 Å². The van der Waals surface area contributed by atoms with Crippen molar-refractivity contribution in [3.8, 4) is 0 Å². The Balaban J connectivity index is -0.000000200. The van der Waals surface area contributed by atoms with E-state index in [4.69, 9.17) is 25.1 Å². The molecule has 6 nitrogen and oxygen atoms in total. The molecule has 0 bridgehead atoms. The first-order valence-corrected chi connectivity index (χ1v) is 8.12. The molecule has 93 valence electrons. The molecule has 0 aliphatic carbocycles. The Hall–Kier alpha value is 0.748. The summed E-state index contributed by atoms with van der Waals surface area (Å²) in [5, 5.41) is 7.57. The summed E-state index contributed by atoms with van der Waals surface area (Å²) in [5.41, 5.74) is 0. The van der Waals surface area contributed by atoms with Gasteiger partial charge in [-0.2, -0.15) is 0 Å². The Morgan fingerprint density at radius 1 is 1.27 bits per heavy atom. The molecular formula is C6H21O6Si2Ti. The molecule has 0 heterocycles. The summed E-state index contributed by atoms with van der Waals surface area (Å²) in [6.07, 6.45) is 0. The van der Waals surface area contributed by atoms with Crippen LogP contribution in [0.4, 0.5) is 0 Å². The van der Waals surface area contributed by atoms with E-state index in [-0.39, 0.29) is 6.61 Å². The SMILES string of the molecule is CCO.CCO[SiH](O[SiH3])OCC.[O]=[Ti][OH]. The van der Waals surface area contributed by atoms with E-state index in [2.05, 4.69) is 0 Å². The zero-order chi connectivity index (χ0) is 12.5. The molecule has 0 atom stereocenters. The van der Waals surface area contributed by atoms with E-state index in [1.807, 2.05) is 13.8 Å². The Kier molecular flexibility index (Phi) is 33.9. The molecule has 0 aromatic rings. The molecule has 15 heavy (non-hydrogen) atoms. The van der Waals surface area contributed by atoms with Crippen LogP contribution in [0, 0.1) is 0 Å². The zero-order valence-electron chi connectivity index (χ0n) is 9.73. The van der Waals surface area contributed by atoms with Crippen molar-refractivity contribution in [2.75, 3.05) is 19.8 Å². The van der Waals surface area contributed by atoms with Crippen LogP contribution in [0.5, 0.6) is 0 Å². The second kappa shape index (κ2) is 24.1.